The van der Waals surface area contributed by atoms with E-state index in [1.54, 1.807) is 4.90 Å². The van der Waals surface area contributed by atoms with Gasteiger partial charge in [0.15, 0.2) is 11.5 Å². The van der Waals surface area contributed by atoms with Crippen molar-refractivity contribution in [2.75, 3.05) is 23.7 Å². The van der Waals surface area contributed by atoms with Crippen molar-refractivity contribution in [3.05, 3.63) is 48.2 Å². The highest BCUT2D eigenvalue weighted by molar-refractivity contribution is 5.96. The second-order valence-electron chi connectivity index (χ2n) is 7.69. The molecule has 2 fully saturated rings. The van der Waals surface area contributed by atoms with Gasteiger partial charge in [-0.2, -0.15) is 4.98 Å². The Morgan fingerprint density at radius 3 is 2.60 bits per heavy atom. The summed E-state index contributed by atoms with van der Waals surface area (Å²) in [5.74, 6) is 0.379. The highest BCUT2D eigenvalue weighted by Gasteiger charge is 2.24. The Hall–Kier alpha value is -3.49. The van der Waals surface area contributed by atoms with Crippen molar-refractivity contribution in [3.63, 3.8) is 0 Å². The van der Waals surface area contributed by atoms with E-state index < -0.39 is 5.91 Å². The summed E-state index contributed by atoms with van der Waals surface area (Å²) in [6.07, 6.45) is 5.52. The molecule has 1 saturated heterocycles. The van der Waals surface area contributed by atoms with Crippen LogP contribution in [-0.2, 0) is 4.79 Å². The van der Waals surface area contributed by atoms with Crippen molar-refractivity contribution in [3.8, 4) is 0 Å². The van der Waals surface area contributed by atoms with Crippen LogP contribution in [0.5, 0.6) is 0 Å². The molecule has 9 nitrogen and oxygen atoms in total. The first-order chi connectivity index (χ1) is 14.5. The van der Waals surface area contributed by atoms with E-state index in [2.05, 4.69) is 44.5 Å². The molecule has 30 heavy (non-hydrogen) atoms. The van der Waals surface area contributed by atoms with E-state index in [1.807, 2.05) is 12.1 Å². The van der Waals surface area contributed by atoms with Crippen molar-refractivity contribution in [2.24, 2.45) is 5.73 Å². The molecule has 1 aromatic carbocycles. The second-order valence-corrected chi connectivity index (χ2v) is 7.69. The molecule has 2 amide bonds. The number of amides is 2. The van der Waals surface area contributed by atoms with Crippen LogP contribution in [0.15, 0.2) is 36.9 Å². The number of rotatable bonds is 7. The van der Waals surface area contributed by atoms with E-state index >= 15 is 0 Å². The maximum Gasteiger partial charge on any atom is 0.273 e. The average Bonchev–Trinajstić information content (AvgIpc) is 3.59. The van der Waals surface area contributed by atoms with Gasteiger partial charge in [0.1, 0.15) is 0 Å². The van der Waals surface area contributed by atoms with Crippen LogP contribution in [-0.4, -0.2) is 51.0 Å². The zero-order valence-electron chi connectivity index (χ0n) is 16.7. The van der Waals surface area contributed by atoms with Crippen molar-refractivity contribution >= 4 is 29.3 Å². The van der Waals surface area contributed by atoms with E-state index in [4.69, 9.17) is 5.73 Å². The van der Waals surface area contributed by atoms with Crippen molar-refractivity contribution in [2.45, 2.75) is 37.6 Å². The van der Waals surface area contributed by atoms with Crippen LogP contribution in [0.1, 0.15) is 47.7 Å². The number of nitrogens with one attached hydrogen (secondary N) is 2. The molecule has 2 heterocycles. The van der Waals surface area contributed by atoms with Gasteiger partial charge in [0.05, 0.1) is 0 Å². The summed E-state index contributed by atoms with van der Waals surface area (Å²) < 4.78 is 0. The zero-order chi connectivity index (χ0) is 21.1. The van der Waals surface area contributed by atoms with Gasteiger partial charge < -0.3 is 21.3 Å². The minimum absolute atomic E-state index is 0.0189. The van der Waals surface area contributed by atoms with E-state index in [0.717, 1.165) is 18.5 Å². The Bertz CT molecular complexity index is 956. The highest BCUT2D eigenvalue weighted by Crippen LogP contribution is 2.40. The molecule has 0 unspecified atom stereocenters. The van der Waals surface area contributed by atoms with Gasteiger partial charge in [-0.1, -0.05) is 18.7 Å². The normalized spacial score (nSPS) is 18.5. The molecule has 0 radical (unpaired) electrons. The Morgan fingerprint density at radius 1 is 1.17 bits per heavy atom. The number of anilines is 3. The molecule has 0 spiro atoms. The van der Waals surface area contributed by atoms with Crippen LogP contribution in [0, 0.1) is 0 Å². The average molecular weight is 407 g/mol. The fourth-order valence-electron chi connectivity index (χ4n) is 3.64. The molecule has 1 aromatic heterocycles. The Kier molecular flexibility index (Phi) is 5.60. The van der Waals surface area contributed by atoms with Crippen LogP contribution < -0.4 is 16.4 Å². The van der Waals surface area contributed by atoms with Gasteiger partial charge >= 0.3 is 0 Å². The van der Waals surface area contributed by atoms with Crippen LogP contribution in [0.3, 0.4) is 0 Å². The SMILES string of the molecule is C=CC(=O)N1CCC[C@@H](Nc2nnc(C(N)=O)c(Nc3ccc(C4CC4)cc3)n2)C1. The van der Waals surface area contributed by atoms with Gasteiger partial charge in [-0.15, -0.1) is 10.2 Å². The lowest BCUT2D eigenvalue weighted by Gasteiger charge is -2.32. The molecule has 9 heteroatoms. The molecule has 1 saturated carbocycles. The smallest absolute Gasteiger partial charge is 0.273 e. The van der Waals surface area contributed by atoms with E-state index in [0.29, 0.717) is 19.0 Å². The quantitative estimate of drug-likeness (QED) is 0.601. The summed E-state index contributed by atoms with van der Waals surface area (Å²) in [4.78, 5) is 29.8. The molecule has 0 bridgehead atoms. The van der Waals surface area contributed by atoms with E-state index in [1.165, 1.54) is 24.5 Å². The molecule has 1 aliphatic carbocycles. The third kappa shape index (κ3) is 4.56. The van der Waals surface area contributed by atoms with Gasteiger partial charge in [0.2, 0.25) is 11.9 Å². The molecular formula is C21H25N7O2. The summed E-state index contributed by atoms with van der Waals surface area (Å²) in [5.41, 5.74) is 7.52. The van der Waals surface area contributed by atoms with Gasteiger partial charge in [0, 0.05) is 24.8 Å². The number of carbonyl (C=O) groups excluding carboxylic acids is 2. The molecule has 2 aromatic rings. The lowest BCUT2D eigenvalue weighted by Crippen LogP contribution is -2.44. The number of aromatic nitrogens is 3. The summed E-state index contributed by atoms with van der Waals surface area (Å²) >= 11 is 0. The maximum absolute atomic E-state index is 11.9. The summed E-state index contributed by atoms with van der Waals surface area (Å²) in [5, 5.41) is 14.3. The first-order valence-electron chi connectivity index (χ1n) is 10.1. The number of nitrogens with zero attached hydrogens (tertiary/aromatic N) is 4. The Morgan fingerprint density at radius 2 is 1.93 bits per heavy atom. The van der Waals surface area contributed by atoms with Crippen molar-refractivity contribution < 1.29 is 9.59 Å². The predicted octanol–water partition coefficient (Wildman–Crippen LogP) is 2.18. The highest BCUT2D eigenvalue weighted by atomic mass is 16.2. The van der Waals surface area contributed by atoms with Gasteiger partial charge in [-0.3, -0.25) is 9.59 Å². The van der Waals surface area contributed by atoms with E-state index in [9.17, 15) is 9.59 Å². The zero-order valence-corrected chi connectivity index (χ0v) is 16.7. The summed E-state index contributed by atoms with van der Waals surface area (Å²) in [6, 6.07) is 8.03. The number of hydrogen-bond donors (Lipinski definition) is 3. The van der Waals surface area contributed by atoms with Gasteiger partial charge in [-0.25, -0.2) is 0 Å². The molecule has 1 aliphatic heterocycles. The molecule has 156 valence electrons. The number of carbonyl (C=O) groups is 2. The molecule has 1 atom stereocenters. The fourth-order valence-corrected chi connectivity index (χ4v) is 3.64. The Labute approximate surface area is 174 Å². The number of primary amides is 1. The van der Waals surface area contributed by atoms with Gasteiger partial charge in [-0.05, 0) is 55.4 Å². The van der Waals surface area contributed by atoms with Crippen molar-refractivity contribution in [1.82, 2.24) is 20.1 Å². The number of nitrogens with two attached hydrogens (primary N) is 1. The standard InChI is InChI=1S/C21H25N7O2/c1-2-17(29)28-11-3-4-16(12-28)24-21-25-20(18(19(22)30)26-27-21)23-15-9-7-14(8-10-15)13-5-6-13/h2,7-10,13,16H,1,3-6,11-12H2,(H2,22,30)(H2,23,24,25,27)/t16-/m1/s1. The fraction of sp³-hybridized carbons (Fsp3) is 0.381. The van der Waals surface area contributed by atoms with Crippen LogP contribution in [0.2, 0.25) is 0 Å². The van der Waals surface area contributed by atoms with Crippen molar-refractivity contribution in [1.29, 1.82) is 0 Å². The van der Waals surface area contributed by atoms with Gasteiger partial charge in [0.25, 0.3) is 5.91 Å². The number of benzene rings is 1. The van der Waals surface area contributed by atoms with Crippen LogP contribution in [0.4, 0.5) is 17.5 Å². The molecule has 2 aliphatic rings. The summed E-state index contributed by atoms with van der Waals surface area (Å²) in [7, 11) is 0. The minimum atomic E-state index is -0.709. The topological polar surface area (TPSA) is 126 Å². The minimum Gasteiger partial charge on any atom is -0.364 e. The maximum atomic E-state index is 11.9. The third-order valence-corrected chi connectivity index (χ3v) is 5.38. The lowest BCUT2D eigenvalue weighted by atomic mass is 10.1. The third-order valence-electron chi connectivity index (χ3n) is 5.38. The van der Waals surface area contributed by atoms with E-state index in [-0.39, 0.29) is 29.4 Å². The number of piperidine rings is 1. The monoisotopic (exact) mass is 407 g/mol. The number of likely N-dealkylation sites (tertiary alicyclic amines) is 1. The Balaban J connectivity index is 1.50. The second kappa shape index (κ2) is 8.48. The molecule has 4 N–H and O–H groups in total. The predicted molar refractivity (Wildman–Crippen MR) is 113 cm³/mol. The first kappa shape index (κ1) is 19.8. The number of hydrogen-bond acceptors (Lipinski definition) is 7. The first-order valence-corrected chi connectivity index (χ1v) is 10.1. The van der Waals surface area contributed by atoms with Crippen LogP contribution in [0.25, 0.3) is 0 Å². The van der Waals surface area contributed by atoms with Crippen LogP contribution >= 0.6 is 0 Å². The summed E-state index contributed by atoms with van der Waals surface area (Å²) in [6.45, 7) is 4.77. The largest absolute Gasteiger partial charge is 0.364 e. The molecule has 4 rings (SSSR count). The molecular weight excluding hydrogens is 382 g/mol. The lowest BCUT2D eigenvalue weighted by molar-refractivity contribution is -0.127.